The molecule has 21 heavy (non-hydrogen) atoms. The van der Waals surface area contributed by atoms with Crippen molar-refractivity contribution in [3.8, 4) is 0 Å². The summed E-state index contributed by atoms with van der Waals surface area (Å²) in [5.41, 5.74) is 1.20. The molecule has 2 N–H and O–H groups in total. The number of rotatable bonds is 3. The zero-order valence-electron chi connectivity index (χ0n) is 11.0. The van der Waals surface area contributed by atoms with Crippen molar-refractivity contribution in [3.63, 3.8) is 0 Å². The smallest absolute Gasteiger partial charge is 0.293 e. The molecule has 1 aromatic carbocycles. The van der Waals surface area contributed by atoms with Crippen molar-refractivity contribution < 1.29 is 14.1 Å². The van der Waals surface area contributed by atoms with Crippen LogP contribution in [0.1, 0.15) is 16.1 Å². The first-order valence-electron chi connectivity index (χ1n) is 5.88. The molecule has 0 aliphatic heterocycles. The van der Waals surface area contributed by atoms with Crippen molar-refractivity contribution in [3.05, 3.63) is 58.0 Å². The number of carbonyl (C=O) groups excluding carboxylic acids is 1. The van der Waals surface area contributed by atoms with Gasteiger partial charge in [0.1, 0.15) is 0 Å². The van der Waals surface area contributed by atoms with E-state index < -0.39 is 10.8 Å². The standard InChI is InChI=1S/C13H11N3O4S/c1-8-7-9(16(18)19)4-5-10(8)14-13(21)15-12(17)11-3-2-6-20-11/h2-7H,1H3,(H2,14,15,17,21). The van der Waals surface area contributed by atoms with Gasteiger partial charge >= 0.3 is 0 Å². The Morgan fingerprint density at radius 3 is 2.71 bits per heavy atom. The van der Waals surface area contributed by atoms with E-state index in [2.05, 4.69) is 10.6 Å². The van der Waals surface area contributed by atoms with Crippen LogP contribution in [0.5, 0.6) is 0 Å². The maximum atomic E-state index is 11.7. The molecule has 2 rings (SSSR count). The summed E-state index contributed by atoms with van der Waals surface area (Å²) >= 11 is 5.01. The fraction of sp³-hybridized carbons (Fsp3) is 0.0769. The van der Waals surface area contributed by atoms with Crippen LogP contribution in [0.15, 0.2) is 41.0 Å². The monoisotopic (exact) mass is 305 g/mol. The van der Waals surface area contributed by atoms with Gasteiger partial charge in [-0.2, -0.15) is 0 Å². The van der Waals surface area contributed by atoms with Crippen molar-refractivity contribution in [1.29, 1.82) is 0 Å². The van der Waals surface area contributed by atoms with Crippen LogP contribution >= 0.6 is 12.2 Å². The number of furan rings is 1. The number of non-ortho nitro benzene ring substituents is 1. The zero-order valence-corrected chi connectivity index (χ0v) is 11.8. The van der Waals surface area contributed by atoms with E-state index >= 15 is 0 Å². The number of benzene rings is 1. The Morgan fingerprint density at radius 1 is 1.38 bits per heavy atom. The molecule has 0 bridgehead atoms. The molecular weight excluding hydrogens is 294 g/mol. The summed E-state index contributed by atoms with van der Waals surface area (Å²) in [4.78, 5) is 21.9. The number of carbonyl (C=O) groups is 1. The van der Waals surface area contributed by atoms with Crippen LogP contribution in [0.3, 0.4) is 0 Å². The first kappa shape index (κ1) is 14.7. The summed E-state index contributed by atoms with van der Waals surface area (Å²) in [6, 6.07) is 7.39. The molecule has 0 saturated heterocycles. The number of nitro groups is 1. The fourth-order valence-electron chi connectivity index (χ4n) is 1.63. The Bertz CT molecular complexity index is 697. The Hall–Kier alpha value is -2.74. The average molecular weight is 305 g/mol. The van der Waals surface area contributed by atoms with Gasteiger partial charge in [0.05, 0.1) is 11.2 Å². The predicted octanol–water partition coefficient (Wildman–Crippen LogP) is 2.62. The van der Waals surface area contributed by atoms with Gasteiger partial charge in [0, 0.05) is 17.8 Å². The SMILES string of the molecule is Cc1cc([N+](=O)[O-])ccc1NC(=S)NC(=O)c1ccco1. The molecule has 108 valence electrons. The fourth-order valence-corrected chi connectivity index (χ4v) is 1.83. The molecule has 1 amide bonds. The molecular formula is C13H11N3O4S. The molecule has 0 radical (unpaired) electrons. The van der Waals surface area contributed by atoms with Gasteiger partial charge in [-0.15, -0.1) is 0 Å². The van der Waals surface area contributed by atoms with Gasteiger partial charge < -0.3 is 9.73 Å². The van der Waals surface area contributed by atoms with Crippen molar-refractivity contribution in [1.82, 2.24) is 5.32 Å². The molecule has 2 aromatic rings. The lowest BCUT2D eigenvalue weighted by Gasteiger charge is -2.10. The lowest BCUT2D eigenvalue weighted by atomic mass is 10.2. The molecule has 0 fully saturated rings. The third-order valence-electron chi connectivity index (χ3n) is 2.64. The highest BCUT2D eigenvalue weighted by Gasteiger charge is 2.12. The minimum atomic E-state index is -0.478. The lowest BCUT2D eigenvalue weighted by molar-refractivity contribution is -0.384. The second-order valence-electron chi connectivity index (χ2n) is 4.14. The molecule has 0 spiro atoms. The number of aryl methyl sites for hydroxylation is 1. The highest BCUT2D eigenvalue weighted by atomic mass is 32.1. The van der Waals surface area contributed by atoms with E-state index in [0.717, 1.165) is 0 Å². The number of hydrogen-bond donors (Lipinski definition) is 2. The Labute approximate surface area is 125 Å². The van der Waals surface area contributed by atoms with E-state index in [1.54, 1.807) is 13.0 Å². The summed E-state index contributed by atoms with van der Waals surface area (Å²) in [7, 11) is 0. The van der Waals surface area contributed by atoms with Gasteiger partial charge in [0.2, 0.25) is 0 Å². The van der Waals surface area contributed by atoms with Gasteiger partial charge in [-0.1, -0.05) is 0 Å². The average Bonchev–Trinajstić information content (AvgIpc) is 2.94. The molecule has 7 nitrogen and oxygen atoms in total. The molecule has 0 atom stereocenters. The van der Waals surface area contributed by atoms with Crippen molar-refractivity contribution >= 4 is 34.6 Å². The summed E-state index contributed by atoms with van der Waals surface area (Å²) in [6.07, 6.45) is 1.38. The van der Waals surface area contributed by atoms with E-state index in [9.17, 15) is 14.9 Å². The summed E-state index contributed by atoms with van der Waals surface area (Å²) in [5.74, 6) is -0.336. The van der Waals surface area contributed by atoms with Crippen LogP contribution in [0, 0.1) is 17.0 Å². The van der Waals surface area contributed by atoms with Gasteiger partial charge in [-0.05, 0) is 42.9 Å². The van der Waals surface area contributed by atoms with E-state index in [1.807, 2.05) is 0 Å². The topological polar surface area (TPSA) is 97.4 Å². The second-order valence-corrected chi connectivity index (χ2v) is 4.55. The molecule has 8 heteroatoms. The highest BCUT2D eigenvalue weighted by molar-refractivity contribution is 7.80. The summed E-state index contributed by atoms with van der Waals surface area (Å²) < 4.78 is 4.94. The molecule has 1 heterocycles. The minimum Gasteiger partial charge on any atom is -0.459 e. The van der Waals surface area contributed by atoms with Crippen LogP contribution in [-0.4, -0.2) is 15.9 Å². The van der Waals surface area contributed by atoms with Crippen LogP contribution < -0.4 is 10.6 Å². The third kappa shape index (κ3) is 3.63. The number of nitro benzene ring substituents is 1. The number of nitrogens with one attached hydrogen (secondary N) is 2. The van der Waals surface area contributed by atoms with Crippen molar-refractivity contribution in [2.75, 3.05) is 5.32 Å². The van der Waals surface area contributed by atoms with E-state index in [4.69, 9.17) is 16.6 Å². The number of hydrogen-bond acceptors (Lipinski definition) is 5. The Kier molecular flexibility index (Phi) is 4.29. The number of amides is 1. The molecule has 0 unspecified atom stereocenters. The highest BCUT2D eigenvalue weighted by Crippen LogP contribution is 2.21. The Morgan fingerprint density at radius 2 is 2.14 bits per heavy atom. The predicted molar refractivity (Wildman–Crippen MR) is 80.2 cm³/mol. The third-order valence-corrected chi connectivity index (χ3v) is 2.85. The van der Waals surface area contributed by atoms with Gasteiger partial charge in [0.15, 0.2) is 10.9 Å². The molecule has 0 aliphatic rings. The molecule has 1 aromatic heterocycles. The van der Waals surface area contributed by atoms with E-state index in [-0.39, 0.29) is 16.6 Å². The van der Waals surface area contributed by atoms with Crippen molar-refractivity contribution in [2.45, 2.75) is 6.92 Å². The largest absolute Gasteiger partial charge is 0.459 e. The summed E-state index contributed by atoms with van der Waals surface area (Å²) in [5, 5.41) is 16.0. The van der Waals surface area contributed by atoms with Gasteiger partial charge in [0.25, 0.3) is 11.6 Å². The lowest BCUT2D eigenvalue weighted by Crippen LogP contribution is -2.34. The first-order chi connectivity index (χ1) is 9.97. The minimum absolute atomic E-state index is 0.0106. The summed E-state index contributed by atoms with van der Waals surface area (Å²) in [6.45, 7) is 1.70. The maximum Gasteiger partial charge on any atom is 0.293 e. The molecule has 0 aliphatic carbocycles. The quantitative estimate of drug-likeness (QED) is 0.514. The van der Waals surface area contributed by atoms with Crippen LogP contribution in [-0.2, 0) is 0 Å². The van der Waals surface area contributed by atoms with Crippen LogP contribution in [0.2, 0.25) is 0 Å². The first-order valence-corrected chi connectivity index (χ1v) is 6.29. The van der Waals surface area contributed by atoms with Gasteiger partial charge in [-0.25, -0.2) is 0 Å². The second kappa shape index (κ2) is 6.14. The van der Waals surface area contributed by atoms with E-state index in [0.29, 0.717) is 11.3 Å². The van der Waals surface area contributed by atoms with Gasteiger partial charge in [-0.3, -0.25) is 20.2 Å². The van der Waals surface area contributed by atoms with Crippen LogP contribution in [0.4, 0.5) is 11.4 Å². The molecule has 0 saturated carbocycles. The van der Waals surface area contributed by atoms with Crippen LogP contribution in [0.25, 0.3) is 0 Å². The number of nitrogens with zero attached hydrogens (tertiary/aromatic N) is 1. The number of anilines is 1. The normalized spacial score (nSPS) is 9.95. The van der Waals surface area contributed by atoms with Crippen molar-refractivity contribution in [2.24, 2.45) is 0 Å². The number of thiocarbonyl (C=S) groups is 1. The zero-order chi connectivity index (χ0) is 15.4. The van der Waals surface area contributed by atoms with E-state index in [1.165, 1.54) is 30.5 Å². The maximum absolute atomic E-state index is 11.7. The Balaban J connectivity index is 2.03.